The summed E-state index contributed by atoms with van der Waals surface area (Å²) in [6, 6.07) is 8.37. The predicted molar refractivity (Wildman–Crippen MR) is 117 cm³/mol. The third-order valence-electron chi connectivity index (χ3n) is 6.31. The summed E-state index contributed by atoms with van der Waals surface area (Å²) in [5, 5.41) is 2.91. The van der Waals surface area contributed by atoms with Crippen molar-refractivity contribution < 1.29 is 27.9 Å². The number of benzene rings is 1. The highest BCUT2D eigenvalue weighted by Crippen LogP contribution is 2.30. The summed E-state index contributed by atoms with van der Waals surface area (Å²) in [5.74, 6) is -3.65. The Labute approximate surface area is 192 Å². The molecule has 1 atom stereocenters. The van der Waals surface area contributed by atoms with Crippen LogP contribution in [0.5, 0.6) is 0 Å². The number of nitrogens with zero attached hydrogens (tertiary/aromatic N) is 2. The minimum atomic E-state index is -2.83. The summed E-state index contributed by atoms with van der Waals surface area (Å²) >= 11 is 0. The Morgan fingerprint density at radius 2 is 1.88 bits per heavy atom. The molecule has 1 aromatic carbocycles. The lowest BCUT2D eigenvalue weighted by Gasteiger charge is -2.33. The summed E-state index contributed by atoms with van der Waals surface area (Å²) in [6.07, 6.45) is 1.60. The van der Waals surface area contributed by atoms with Crippen LogP contribution in [0.15, 0.2) is 30.3 Å². The average Bonchev–Trinajstić information content (AvgIpc) is 3.17. The monoisotopic (exact) mass is 466 g/mol. The molecule has 182 valence electrons. The number of halogens is 2. The van der Waals surface area contributed by atoms with E-state index in [-0.39, 0.29) is 44.0 Å². The van der Waals surface area contributed by atoms with Crippen LogP contribution < -0.4 is 11.1 Å². The lowest BCUT2D eigenvalue weighted by Crippen LogP contribution is -2.50. The first-order valence-corrected chi connectivity index (χ1v) is 11.3. The summed E-state index contributed by atoms with van der Waals surface area (Å²) in [7, 11) is 1.50. The molecular weight excluding hydrogens is 434 g/mol. The number of carbonyl (C=O) groups is 3. The first-order chi connectivity index (χ1) is 15.6. The number of rotatable bonds is 7. The summed E-state index contributed by atoms with van der Waals surface area (Å²) < 4.78 is 32.0. The van der Waals surface area contributed by atoms with E-state index in [1.165, 1.54) is 11.9 Å². The number of ether oxygens (including phenoxy) is 1. The van der Waals surface area contributed by atoms with Gasteiger partial charge in [0.2, 0.25) is 11.8 Å². The number of hydrogen-bond acceptors (Lipinski definition) is 5. The highest BCUT2D eigenvalue weighted by Gasteiger charge is 2.42. The first kappa shape index (κ1) is 24.9. The maximum absolute atomic E-state index is 13.4. The molecule has 0 unspecified atom stereocenters. The standard InChI is InChI=1S/C23H32F2N4O4/c1-28(22(32)33-14-16-5-3-2-4-6-16)13-19(30)27-18-9-7-17(8-10-18)20(26)21(31)29-12-11-23(24,25)15-29/h2-6,17-18,20H,7-15,26H2,1H3,(H,27,30)/t17-,18-,20-/m0/s1. The van der Waals surface area contributed by atoms with Crippen LogP contribution in [0.1, 0.15) is 37.7 Å². The molecule has 3 amide bonds. The molecule has 8 nitrogen and oxygen atoms in total. The summed E-state index contributed by atoms with van der Waals surface area (Å²) in [4.78, 5) is 39.3. The van der Waals surface area contributed by atoms with Gasteiger partial charge in [-0.15, -0.1) is 0 Å². The van der Waals surface area contributed by atoms with Gasteiger partial charge in [0.1, 0.15) is 13.2 Å². The number of nitrogens with two attached hydrogens (primary N) is 1. The summed E-state index contributed by atoms with van der Waals surface area (Å²) in [5.41, 5.74) is 6.95. The van der Waals surface area contributed by atoms with Crippen molar-refractivity contribution in [3.05, 3.63) is 35.9 Å². The van der Waals surface area contributed by atoms with Crippen LogP contribution in [0.25, 0.3) is 0 Å². The Kier molecular flexibility index (Phi) is 8.23. The van der Waals surface area contributed by atoms with E-state index < -0.39 is 30.5 Å². The van der Waals surface area contributed by atoms with Gasteiger partial charge in [0.15, 0.2) is 0 Å². The van der Waals surface area contributed by atoms with Gasteiger partial charge >= 0.3 is 6.09 Å². The second-order valence-electron chi connectivity index (χ2n) is 8.97. The minimum absolute atomic E-state index is 0.0340. The van der Waals surface area contributed by atoms with Crippen molar-refractivity contribution in [2.24, 2.45) is 11.7 Å². The number of carbonyl (C=O) groups excluding carboxylic acids is 3. The van der Waals surface area contributed by atoms with Gasteiger partial charge in [-0.1, -0.05) is 30.3 Å². The molecule has 0 radical (unpaired) electrons. The van der Waals surface area contributed by atoms with E-state index in [4.69, 9.17) is 10.5 Å². The Morgan fingerprint density at radius 1 is 1.21 bits per heavy atom. The van der Waals surface area contributed by atoms with Gasteiger partial charge in [-0.05, 0) is 37.2 Å². The zero-order chi connectivity index (χ0) is 24.0. The summed E-state index contributed by atoms with van der Waals surface area (Å²) in [6.45, 7) is -0.531. The van der Waals surface area contributed by atoms with E-state index in [2.05, 4.69) is 5.32 Å². The lowest BCUT2D eigenvalue weighted by atomic mass is 9.81. The fourth-order valence-corrected chi connectivity index (χ4v) is 4.34. The van der Waals surface area contributed by atoms with Gasteiger partial charge in [-0.2, -0.15) is 0 Å². The van der Waals surface area contributed by atoms with Crippen molar-refractivity contribution in [2.75, 3.05) is 26.7 Å². The first-order valence-electron chi connectivity index (χ1n) is 11.3. The van der Waals surface area contributed by atoms with Crippen molar-refractivity contribution in [1.29, 1.82) is 0 Å². The molecule has 2 fully saturated rings. The van der Waals surface area contributed by atoms with Crippen molar-refractivity contribution in [2.45, 2.75) is 56.7 Å². The highest BCUT2D eigenvalue weighted by molar-refractivity contribution is 5.83. The lowest BCUT2D eigenvalue weighted by molar-refractivity contribution is -0.134. The third kappa shape index (κ3) is 7.12. The number of hydrogen-bond donors (Lipinski definition) is 2. The number of likely N-dealkylation sites (tertiary alicyclic amines) is 1. The van der Waals surface area contributed by atoms with Crippen LogP contribution >= 0.6 is 0 Å². The van der Waals surface area contributed by atoms with Gasteiger partial charge in [0.25, 0.3) is 5.92 Å². The highest BCUT2D eigenvalue weighted by atomic mass is 19.3. The van der Waals surface area contributed by atoms with Gasteiger partial charge in [0, 0.05) is 26.1 Å². The van der Waals surface area contributed by atoms with Crippen LogP contribution in [-0.4, -0.2) is 72.4 Å². The maximum atomic E-state index is 13.4. The second-order valence-corrected chi connectivity index (χ2v) is 8.97. The number of alkyl halides is 2. The van der Waals surface area contributed by atoms with Crippen LogP contribution in [0.4, 0.5) is 13.6 Å². The molecule has 1 aliphatic heterocycles. The molecule has 3 N–H and O–H groups in total. The Hall–Kier alpha value is -2.75. The molecule has 10 heteroatoms. The smallest absolute Gasteiger partial charge is 0.410 e. The SMILES string of the molecule is CN(CC(=O)N[C@H]1CC[C@H]([C@H](N)C(=O)N2CCC(F)(F)C2)CC1)C(=O)OCc1ccccc1. The fraction of sp³-hybridized carbons (Fsp3) is 0.609. The van der Waals surface area contributed by atoms with Crippen LogP contribution in [-0.2, 0) is 20.9 Å². The number of likely N-dealkylation sites (N-methyl/N-ethyl adjacent to an activating group) is 1. The fourth-order valence-electron chi connectivity index (χ4n) is 4.34. The van der Waals surface area contributed by atoms with E-state index in [9.17, 15) is 23.2 Å². The molecule has 1 saturated heterocycles. The molecule has 0 spiro atoms. The zero-order valence-corrected chi connectivity index (χ0v) is 18.8. The van der Waals surface area contributed by atoms with E-state index in [1.54, 1.807) is 0 Å². The largest absolute Gasteiger partial charge is 0.445 e. The van der Waals surface area contributed by atoms with Gasteiger partial charge < -0.3 is 25.6 Å². The van der Waals surface area contributed by atoms with Gasteiger partial charge in [-0.3, -0.25) is 9.59 Å². The molecule has 0 bridgehead atoms. The minimum Gasteiger partial charge on any atom is -0.445 e. The second kappa shape index (κ2) is 10.9. The average molecular weight is 467 g/mol. The third-order valence-corrected chi connectivity index (χ3v) is 6.31. The molecule has 1 aliphatic carbocycles. The topological polar surface area (TPSA) is 105 Å². The molecule has 3 rings (SSSR count). The van der Waals surface area contributed by atoms with E-state index in [1.807, 2.05) is 30.3 Å². The molecule has 33 heavy (non-hydrogen) atoms. The van der Waals surface area contributed by atoms with Crippen molar-refractivity contribution in [3.8, 4) is 0 Å². The van der Waals surface area contributed by atoms with E-state index in [0.717, 1.165) is 10.5 Å². The van der Waals surface area contributed by atoms with Crippen molar-refractivity contribution >= 4 is 17.9 Å². The van der Waals surface area contributed by atoms with E-state index >= 15 is 0 Å². The quantitative estimate of drug-likeness (QED) is 0.641. The Morgan fingerprint density at radius 3 is 2.48 bits per heavy atom. The molecule has 2 aliphatic rings. The van der Waals surface area contributed by atoms with Crippen molar-refractivity contribution in [1.82, 2.24) is 15.1 Å². The van der Waals surface area contributed by atoms with Gasteiger partial charge in [-0.25, -0.2) is 13.6 Å². The Balaban J connectivity index is 1.36. The zero-order valence-electron chi connectivity index (χ0n) is 18.8. The molecule has 0 aromatic heterocycles. The van der Waals surface area contributed by atoms with Crippen LogP contribution in [0.3, 0.4) is 0 Å². The normalized spacial score (nSPS) is 23.0. The van der Waals surface area contributed by atoms with Crippen LogP contribution in [0, 0.1) is 5.92 Å². The molecule has 1 heterocycles. The maximum Gasteiger partial charge on any atom is 0.410 e. The number of nitrogens with one attached hydrogen (secondary N) is 1. The Bertz CT molecular complexity index is 831. The molecule has 1 aromatic rings. The molecular formula is C23H32F2N4O4. The van der Waals surface area contributed by atoms with Gasteiger partial charge in [0.05, 0.1) is 12.6 Å². The molecule has 1 saturated carbocycles. The van der Waals surface area contributed by atoms with E-state index in [0.29, 0.717) is 25.7 Å². The number of amides is 3. The van der Waals surface area contributed by atoms with Crippen LogP contribution in [0.2, 0.25) is 0 Å². The predicted octanol–water partition coefficient (Wildman–Crippen LogP) is 2.12. The van der Waals surface area contributed by atoms with Crippen molar-refractivity contribution in [3.63, 3.8) is 0 Å².